The highest BCUT2D eigenvalue weighted by molar-refractivity contribution is 5.88. The number of allylic oxidation sites excluding steroid dienone is 2. The molecule has 2 aliphatic carbocycles. The van der Waals surface area contributed by atoms with Gasteiger partial charge in [-0.1, -0.05) is 45.1 Å². The number of aliphatic hydroxyl groups is 3. The molecular formula is C31H48O9. The van der Waals surface area contributed by atoms with E-state index in [-0.39, 0.29) is 17.8 Å². The van der Waals surface area contributed by atoms with Crippen LogP contribution in [-0.2, 0) is 28.5 Å². The van der Waals surface area contributed by atoms with E-state index in [2.05, 4.69) is 27.4 Å². The molecule has 1 heterocycles. The van der Waals surface area contributed by atoms with Crippen LogP contribution >= 0.6 is 0 Å². The lowest BCUT2D eigenvalue weighted by molar-refractivity contribution is -0.328. The van der Waals surface area contributed by atoms with E-state index in [4.69, 9.17) is 18.9 Å². The van der Waals surface area contributed by atoms with Crippen molar-refractivity contribution in [2.24, 2.45) is 23.2 Å². The molecule has 9 nitrogen and oxygen atoms in total. The minimum Gasteiger partial charge on any atom is -0.452 e. The molecule has 3 fully saturated rings. The molecule has 0 aromatic carbocycles. The van der Waals surface area contributed by atoms with Crippen LogP contribution in [0.2, 0.25) is 0 Å². The zero-order valence-electron chi connectivity index (χ0n) is 25.0. The van der Waals surface area contributed by atoms with Crippen molar-refractivity contribution in [3.05, 3.63) is 35.5 Å². The Bertz CT molecular complexity index is 1000. The monoisotopic (exact) mass is 564 g/mol. The number of carbonyl (C=O) groups is 2. The summed E-state index contributed by atoms with van der Waals surface area (Å²) in [6.45, 7) is 16.6. The molecule has 3 aliphatic rings. The summed E-state index contributed by atoms with van der Waals surface area (Å²) in [7, 11) is 0. The fourth-order valence-electron chi connectivity index (χ4n) is 6.45. The summed E-state index contributed by atoms with van der Waals surface area (Å²) in [6.07, 6.45) is -1.45. The smallest absolute Gasteiger partial charge is 0.333 e. The molecule has 0 spiro atoms. The first-order chi connectivity index (χ1) is 18.8. The molecule has 40 heavy (non-hydrogen) atoms. The summed E-state index contributed by atoms with van der Waals surface area (Å²) in [4.78, 5) is 25.5. The minimum atomic E-state index is -1.53. The van der Waals surface area contributed by atoms with Gasteiger partial charge < -0.3 is 34.3 Å². The first kappa shape index (κ1) is 32.5. The fraction of sp³-hybridized carbons (Fsp3) is 0.742. The minimum absolute atomic E-state index is 0.0858. The third-order valence-corrected chi connectivity index (χ3v) is 9.36. The molecule has 0 amide bonds. The van der Waals surface area contributed by atoms with Crippen molar-refractivity contribution >= 4 is 11.9 Å². The number of carbonyl (C=O) groups excluding carboxylic acids is 2. The van der Waals surface area contributed by atoms with Crippen LogP contribution in [0.4, 0.5) is 0 Å². The average molecular weight is 565 g/mol. The molecule has 3 rings (SSSR count). The van der Waals surface area contributed by atoms with Crippen LogP contribution in [0.3, 0.4) is 0 Å². The molecule has 0 unspecified atom stereocenters. The number of rotatable bonds is 8. The van der Waals surface area contributed by atoms with Crippen molar-refractivity contribution in [2.75, 3.05) is 6.61 Å². The summed E-state index contributed by atoms with van der Waals surface area (Å²) in [5.41, 5.74) is 1.17. The van der Waals surface area contributed by atoms with E-state index in [1.807, 2.05) is 0 Å². The van der Waals surface area contributed by atoms with Gasteiger partial charge in [0.15, 0.2) is 18.5 Å². The van der Waals surface area contributed by atoms with Gasteiger partial charge in [-0.05, 0) is 65.2 Å². The Balaban J connectivity index is 1.99. The van der Waals surface area contributed by atoms with Crippen molar-refractivity contribution < 1.29 is 43.9 Å². The van der Waals surface area contributed by atoms with E-state index in [0.717, 1.165) is 18.4 Å². The van der Waals surface area contributed by atoms with Gasteiger partial charge in [0, 0.05) is 22.5 Å². The van der Waals surface area contributed by atoms with Crippen LogP contribution < -0.4 is 0 Å². The molecular weight excluding hydrogens is 516 g/mol. The first-order valence-corrected chi connectivity index (χ1v) is 14.4. The highest BCUT2D eigenvalue weighted by Crippen LogP contribution is 2.56. The second-order valence-electron chi connectivity index (χ2n) is 12.1. The van der Waals surface area contributed by atoms with E-state index in [1.54, 1.807) is 39.8 Å². The quantitative estimate of drug-likeness (QED) is 0.230. The molecule has 0 aromatic heterocycles. The maximum absolute atomic E-state index is 12.8. The summed E-state index contributed by atoms with van der Waals surface area (Å²) in [6, 6.07) is 0. The van der Waals surface area contributed by atoms with Gasteiger partial charge in [0.05, 0.1) is 18.8 Å². The zero-order valence-corrected chi connectivity index (χ0v) is 25.0. The highest BCUT2D eigenvalue weighted by atomic mass is 16.7. The van der Waals surface area contributed by atoms with E-state index in [9.17, 15) is 24.9 Å². The number of esters is 2. The summed E-state index contributed by atoms with van der Waals surface area (Å²) < 4.78 is 24.0. The van der Waals surface area contributed by atoms with Gasteiger partial charge in [-0.2, -0.15) is 0 Å². The van der Waals surface area contributed by atoms with Crippen LogP contribution in [0.15, 0.2) is 35.5 Å². The molecule has 1 aliphatic heterocycles. The van der Waals surface area contributed by atoms with E-state index in [0.29, 0.717) is 24.0 Å². The molecule has 0 aromatic rings. The molecule has 3 N–H and O–H groups in total. The van der Waals surface area contributed by atoms with Crippen molar-refractivity contribution in [1.29, 1.82) is 0 Å². The summed E-state index contributed by atoms with van der Waals surface area (Å²) >= 11 is 0. The average Bonchev–Trinajstić information content (AvgIpc) is 2.92. The molecule has 0 bridgehead atoms. The Labute approximate surface area is 238 Å². The molecule has 0 radical (unpaired) electrons. The Morgan fingerprint density at radius 3 is 2.15 bits per heavy atom. The van der Waals surface area contributed by atoms with Crippen LogP contribution in [-0.4, -0.2) is 76.8 Å². The molecule has 2 saturated carbocycles. The largest absolute Gasteiger partial charge is 0.452 e. The van der Waals surface area contributed by atoms with Crippen molar-refractivity contribution in [2.45, 2.75) is 117 Å². The molecule has 1 saturated heterocycles. The summed E-state index contributed by atoms with van der Waals surface area (Å²) in [5, 5.41) is 32.9. The standard InChI is InChI=1S/C31H48O9/c1-9-17(5)28(35)38-26-21(15-32)37-30(24(34)27(26)39-29(36)18(6)10-2)40-25-20(16(3)4)13-14-31(8)22(33)12-11-19(7)23(25)31/h9-10,16,20-27,30,32-34H,7,11-15H2,1-6,8H3/t20-,21+,22+,23-,24+,25+,26+,27+,30-,31+/m0/s1. The van der Waals surface area contributed by atoms with Gasteiger partial charge >= 0.3 is 11.9 Å². The third-order valence-electron chi connectivity index (χ3n) is 9.36. The Morgan fingerprint density at radius 2 is 1.62 bits per heavy atom. The van der Waals surface area contributed by atoms with Crippen LogP contribution in [0.25, 0.3) is 0 Å². The highest BCUT2D eigenvalue weighted by Gasteiger charge is 2.57. The fourth-order valence-corrected chi connectivity index (χ4v) is 6.45. The normalized spacial score (nSPS) is 39.1. The lowest BCUT2D eigenvalue weighted by Gasteiger charge is -2.56. The number of fused-ring (bicyclic) bond motifs is 1. The first-order valence-electron chi connectivity index (χ1n) is 14.4. The molecule has 226 valence electrons. The Kier molecular flexibility index (Phi) is 10.8. The van der Waals surface area contributed by atoms with Crippen LogP contribution in [0, 0.1) is 23.2 Å². The van der Waals surface area contributed by atoms with Gasteiger partial charge in [-0.15, -0.1) is 0 Å². The Hall–Kier alpha value is -2.04. The third kappa shape index (κ3) is 6.39. The van der Waals surface area contributed by atoms with E-state index >= 15 is 0 Å². The van der Waals surface area contributed by atoms with Crippen LogP contribution in [0.5, 0.6) is 0 Å². The second-order valence-corrected chi connectivity index (χ2v) is 12.1. The zero-order chi connectivity index (χ0) is 29.9. The van der Waals surface area contributed by atoms with Gasteiger partial charge in [0.25, 0.3) is 0 Å². The molecule has 9 heteroatoms. The van der Waals surface area contributed by atoms with Gasteiger partial charge in [0.2, 0.25) is 0 Å². The lowest BCUT2D eigenvalue weighted by Crippen LogP contribution is -2.64. The molecule has 10 atom stereocenters. The Morgan fingerprint density at radius 1 is 1.05 bits per heavy atom. The number of ether oxygens (including phenoxy) is 4. The maximum atomic E-state index is 12.8. The number of hydrogen-bond donors (Lipinski definition) is 3. The van der Waals surface area contributed by atoms with E-state index < -0.39 is 66.9 Å². The van der Waals surface area contributed by atoms with Crippen molar-refractivity contribution in [1.82, 2.24) is 0 Å². The van der Waals surface area contributed by atoms with Gasteiger partial charge in [-0.3, -0.25) is 0 Å². The van der Waals surface area contributed by atoms with Crippen molar-refractivity contribution in [3.63, 3.8) is 0 Å². The topological polar surface area (TPSA) is 132 Å². The van der Waals surface area contributed by atoms with Gasteiger partial charge in [0.1, 0.15) is 12.2 Å². The number of aliphatic hydroxyl groups excluding tert-OH is 3. The van der Waals surface area contributed by atoms with Crippen LogP contribution in [0.1, 0.15) is 74.1 Å². The second kappa shape index (κ2) is 13.3. The van der Waals surface area contributed by atoms with E-state index in [1.165, 1.54) is 0 Å². The van der Waals surface area contributed by atoms with Crippen molar-refractivity contribution in [3.8, 4) is 0 Å². The SMILES string of the molecule is C=C1CC[C@@H](O)[C@@]2(C)CC[C@@H](C(C)C)[C@@H](O[C@@H]3O[C@H](CO)[C@@H](OC(=O)C(C)=CC)[C@H](OC(=O)C(C)=CC)[C@H]3O)[C@H]12. The predicted molar refractivity (Wildman–Crippen MR) is 149 cm³/mol. The summed E-state index contributed by atoms with van der Waals surface area (Å²) in [5.74, 6) is -1.23. The maximum Gasteiger partial charge on any atom is 0.333 e. The van der Waals surface area contributed by atoms with Gasteiger partial charge in [-0.25, -0.2) is 9.59 Å². The lowest BCUT2D eigenvalue weighted by atomic mass is 9.53. The predicted octanol–water partition coefficient (Wildman–Crippen LogP) is 3.61. The number of hydrogen-bond acceptors (Lipinski definition) is 9.